The fourth-order valence-corrected chi connectivity index (χ4v) is 5.46. The zero-order valence-corrected chi connectivity index (χ0v) is 19.9. The summed E-state index contributed by atoms with van der Waals surface area (Å²) in [7, 11) is -3.91. The van der Waals surface area contributed by atoms with Crippen LogP contribution in [0.4, 0.5) is 5.13 Å². The average molecular weight is 508 g/mol. The molecule has 4 rings (SSSR count). The molecule has 2 heterocycles. The van der Waals surface area contributed by atoms with Gasteiger partial charge in [0, 0.05) is 26.2 Å². The fraction of sp³-hybridized carbons (Fsp3) is 0.286. The molecule has 9 nitrogen and oxygen atoms in total. The van der Waals surface area contributed by atoms with Crippen molar-refractivity contribution < 1.29 is 17.9 Å². The van der Waals surface area contributed by atoms with E-state index in [1.807, 2.05) is 24.3 Å². The molecular weight excluding hydrogens is 486 g/mol. The average Bonchev–Trinajstić information content (AvgIpc) is 3.29. The van der Waals surface area contributed by atoms with Gasteiger partial charge in [0.05, 0.1) is 23.8 Å². The Labute approximate surface area is 200 Å². The van der Waals surface area contributed by atoms with Crippen LogP contribution in [-0.2, 0) is 27.8 Å². The molecule has 3 aromatic rings. The minimum absolute atomic E-state index is 0.0630. The lowest BCUT2D eigenvalue weighted by Gasteiger charge is -2.27. The molecule has 0 saturated carbocycles. The van der Waals surface area contributed by atoms with Crippen LogP contribution in [0, 0.1) is 0 Å². The van der Waals surface area contributed by atoms with E-state index in [0.717, 1.165) is 42.1 Å². The third kappa shape index (κ3) is 6.14. The molecule has 0 radical (unpaired) electrons. The van der Waals surface area contributed by atoms with E-state index in [9.17, 15) is 13.2 Å². The second-order valence-corrected chi connectivity index (χ2v) is 10.6. The van der Waals surface area contributed by atoms with Crippen LogP contribution in [-0.4, -0.2) is 55.7 Å². The van der Waals surface area contributed by atoms with E-state index in [1.54, 1.807) is 24.3 Å². The molecule has 1 aliphatic rings. The van der Waals surface area contributed by atoms with Gasteiger partial charge in [0.1, 0.15) is 0 Å². The number of rotatable bonds is 8. The number of morpholine rings is 1. The van der Waals surface area contributed by atoms with E-state index in [4.69, 9.17) is 16.3 Å². The normalized spacial score (nSPS) is 14.8. The van der Waals surface area contributed by atoms with Gasteiger partial charge in [-0.3, -0.25) is 15.0 Å². The molecule has 1 saturated heterocycles. The number of halogens is 1. The van der Waals surface area contributed by atoms with Crippen LogP contribution in [0.3, 0.4) is 0 Å². The van der Waals surface area contributed by atoms with Crippen LogP contribution in [0.25, 0.3) is 0 Å². The number of carbonyl (C=O) groups excluding carboxylic acids is 1. The topological polar surface area (TPSA) is 114 Å². The summed E-state index contributed by atoms with van der Waals surface area (Å²) in [5, 5.41) is 10.4. The number of benzene rings is 2. The number of anilines is 1. The van der Waals surface area contributed by atoms with Crippen LogP contribution in [0.5, 0.6) is 0 Å². The molecule has 1 fully saturated rings. The van der Waals surface area contributed by atoms with E-state index in [2.05, 4.69) is 25.1 Å². The van der Waals surface area contributed by atoms with Crippen molar-refractivity contribution in [1.82, 2.24) is 19.8 Å². The summed E-state index contributed by atoms with van der Waals surface area (Å²) in [6.45, 7) is 3.91. The Hall–Kier alpha value is -2.41. The number of aromatic nitrogens is 2. The third-order valence-corrected chi connectivity index (χ3v) is 7.98. The van der Waals surface area contributed by atoms with Gasteiger partial charge in [-0.2, -0.15) is 0 Å². The lowest BCUT2D eigenvalue weighted by atomic mass is 10.1. The van der Waals surface area contributed by atoms with Crippen molar-refractivity contribution in [2.45, 2.75) is 17.4 Å². The minimum atomic E-state index is -3.91. The smallest absolute Gasteiger partial charge is 0.270 e. The lowest BCUT2D eigenvalue weighted by molar-refractivity contribution is 0.0341. The minimum Gasteiger partial charge on any atom is -0.379 e. The Balaban J connectivity index is 1.40. The second kappa shape index (κ2) is 10.7. The van der Waals surface area contributed by atoms with Crippen molar-refractivity contribution in [2.75, 3.05) is 31.6 Å². The van der Waals surface area contributed by atoms with Gasteiger partial charge < -0.3 is 4.74 Å². The number of hydrogen-bond donors (Lipinski definition) is 2. The summed E-state index contributed by atoms with van der Waals surface area (Å²) in [4.78, 5) is 14.6. The molecular formula is C21H22ClN5O4S2. The summed E-state index contributed by atoms with van der Waals surface area (Å²) < 4.78 is 33.3. The summed E-state index contributed by atoms with van der Waals surface area (Å²) >= 11 is 6.79. The van der Waals surface area contributed by atoms with Crippen molar-refractivity contribution in [3.8, 4) is 0 Å². The predicted octanol–water partition coefficient (Wildman–Crippen LogP) is 2.75. The first-order valence-corrected chi connectivity index (χ1v) is 12.9. The maximum Gasteiger partial charge on any atom is 0.270 e. The van der Waals surface area contributed by atoms with Gasteiger partial charge in [0.2, 0.25) is 9.47 Å². The van der Waals surface area contributed by atoms with E-state index >= 15 is 0 Å². The molecule has 0 spiro atoms. The Kier molecular flexibility index (Phi) is 7.68. The molecule has 2 aromatic carbocycles. The van der Waals surface area contributed by atoms with Crippen LogP contribution in [0.1, 0.15) is 21.5 Å². The fourth-order valence-electron chi connectivity index (χ4n) is 3.30. The standard InChI is InChI=1S/C21H22ClN5O4S2/c22-18-8-4-3-7-17(18)19(28)24-20-25-26-21(32-20)33(29,30)23-13-15-5-1-2-6-16(15)14-27-9-11-31-12-10-27/h1-8,23H,9-14H2,(H,24,25,28). The van der Waals surface area contributed by atoms with Crippen molar-refractivity contribution in [2.24, 2.45) is 0 Å². The Morgan fingerprint density at radius 2 is 1.76 bits per heavy atom. The van der Waals surface area contributed by atoms with Crippen LogP contribution < -0.4 is 10.0 Å². The summed E-state index contributed by atoms with van der Waals surface area (Å²) in [6, 6.07) is 14.2. The zero-order chi connectivity index (χ0) is 23.3. The lowest BCUT2D eigenvalue weighted by Crippen LogP contribution is -2.36. The molecule has 0 bridgehead atoms. The Morgan fingerprint density at radius 3 is 2.52 bits per heavy atom. The first-order valence-electron chi connectivity index (χ1n) is 10.2. The van der Waals surface area contributed by atoms with Gasteiger partial charge in [-0.1, -0.05) is 59.3 Å². The number of nitrogens with one attached hydrogen (secondary N) is 2. The first kappa shape index (κ1) is 23.7. The molecule has 33 heavy (non-hydrogen) atoms. The summed E-state index contributed by atoms with van der Waals surface area (Å²) in [6.07, 6.45) is 0. The molecule has 1 aromatic heterocycles. The number of carbonyl (C=O) groups is 1. The molecule has 1 amide bonds. The molecule has 1 aliphatic heterocycles. The highest BCUT2D eigenvalue weighted by Crippen LogP contribution is 2.23. The molecule has 2 N–H and O–H groups in total. The second-order valence-electron chi connectivity index (χ2n) is 7.29. The number of hydrogen-bond acceptors (Lipinski definition) is 8. The number of sulfonamides is 1. The van der Waals surface area contributed by atoms with E-state index in [0.29, 0.717) is 13.2 Å². The molecule has 12 heteroatoms. The molecule has 174 valence electrons. The van der Waals surface area contributed by atoms with Gasteiger partial charge in [0.25, 0.3) is 15.9 Å². The van der Waals surface area contributed by atoms with Gasteiger partial charge in [0.15, 0.2) is 0 Å². The highest BCUT2D eigenvalue weighted by Gasteiger charge is 2.22. The number of amides is 1. The maximum atomic E-state index is 12.8. The quantitative estimate of drug-likeness (QED) is 0.451. The van der Waals surface area contributed by atoms with E-state index in [-0.39, 0.29) is 26.6 Å². The van der Waals surface area contributed by atoms with Crippen LogP contribution >= 0.6 is 22.9 Å². The zero-order valence-electron chi connectivity index (χ0n) is 17.5. The highest BCUT2D eigenvalue weighted by molar-refractivity contribution is 7.91. The molecule has 0 aliphatic carbocycles. The predicted molar refractivity (Wildman–Crippen MR) is 126 cm³/mol. The number of ether oxygens (including phenoxy) is 1. The highest BCUT2D eigenvalue weighted by atomic mass is 35.5. The first-order chi connectivity index (χ1) is 15.9. The van der Waals surface area contributed by atoms with Crippen molar-refractivity contribution >= 4 is 44.0 Å². The molecule has 0 atom stereocenters. The monoisotopic (exact) mass is 507 g/mol. The van der Waals surface area contributed by atoms with Crippen LogP contribution in [0.15, 0.2) is 52.9 Å². The Morgan fingerprint density at radius 1 is 1.06 bits per heavy atom. The largest absolute Gasteiger partial charge is 0.379 e. The van der Waals surface area contributed by atoms with E-state index in [1.165, 1.54) is 0 Å². The van der Waals surface area contributed by atoms with Gasteiger partial charge in [-0.05, 0) is 23.3 Å². The summed E-state index contributed by atoms with van der Waals surface area (Å²) in [5.74, 6) is -0.495. The van der Waals surface area contributed by atoms with Gasteiger partial charge >= 0.3 is 0 Å². The van der Waals surface area contributed by atoms with Crippen molar-refractivity contribution in [3.05, 3.63) is 70.2 Å². The SMILES string of the molecule is O=C(Nc1nnc(S(=O)(=O)NCc2ccccc2CN2CCOCC2)s1)c1ccccc1Cl. The number of nitrogens with zero attached hydrogens (tertiary/aromatic N) is 3. The summed E-state index contributed by atoms with van der Waals surface area (Å²) in [5.41, 5.74) is 2.19. The molecule has 0 unspecified atom stereocenters. The van der Waals surface area contributed by atoms with E-state index < -0.39 is 15.9 Å². The maximum absolute atomic E-state index is 12.8. The van der Waals surface area contributed by atoms with Gasteiger partial charge in [-0.15, -0.1) is 10.2 Å². The van der Waals surface area contributed by atoms with Gasteiger partial charge in [-0.25, -0.2) is 13.1 Å². The van der Waals surface area contributed by atoms with Crippen molar-refractivity contribution in [3.63, 3.8) is 0 Å². The van der Waals surface area contributed by atoms with Crippen molar-refractivity contribution in [1.29, 1.82) is 0 Å². The Bertz CT molecular complexity index is 1230. The third-order valence-electron chi connectivity index (χ3n) is 5.04. The van der Waals surface area contributed by atoms with Crippen LogP contribution in [0.2, 0.25) is 5.02 Å².